The number of unbranched alkanes of at least 4 members (excludes halogenated alkanes) is 6. The molecule has 0 aliphatic heterocycles. The minimum absolute atomic E-state index is 0. The topological polar surface area (TPSA) is 0 Å². The van der Waals surface area contributed by atoms with E-state index in [1.807, 2.05) is 27.7 Å². The third-order valence-electron chi connectivity index (χ3n) is 1.91. The van der Waals surface area contributed by atoms with Gasteiger partial charge < -0.3 is 0 Å². The summed E-state index contributed by atoms with van der Waals surface area (Å²) in [6, 6.07) is 0. The van der Waals surface area contributed by atoms with Crippen LogP contribution < -0.4 is 0 Å². The summed E-state index contributed by atoms with van der Waals surface area (Å²) in [4.78, 5) is 0. The van der Waals surface area contributed by atoms with E-state index in [4.69, 9.17) is 0 Å². The fourth-order valence-corrected chi connectivity index (χ4v) is 1.000. The van der Waals surface area contributed by atoms with Crippen molar-refractivity contribution in [1.29, 1.82) is 0 Å². The molecular weight excluding hydrogens is 430 g/mol. The van der Waals surface area contributed by atoms with E-state index in [1.54, 1.807) is 0 Å². The van der Waals surface area contributed by atoms with Gasteiger partial charge in [0.25, 0.3) is 0 Å². The zero-order chi connectivity index (χ0) is 13.7. The molecule has 108 valence electrons. The van der Waals surface area contributed by atoms with Crippen LogP contribution in [0.1, 0.15) is 107 Å². The molecule has 0 atom stereocenters. The van der Waals surface area contributed by atoms with Gasteiger partial charge in [-0.2, -0.15) is 0 Å². The maximum absolute atomic E-state index is 2.23. The molecule has 0 saturated heterocycles. The van der Waals surface area contributed by atoms with Gasteiger partial charge in [-0.3, -0.25) is 0 Å². The van der Waals surface area contributed by atoms with Crippen LogP contribution in [0, 0.1) is 31.1 Å². The molecule has 17 heavy (non-hydrogen) atoms. The third-order valence-corrected chi connectivity index (χ3v) is 1.91. The second-order valence-electron chi connectivity index (χ2n) is 3.41. The summed E-state index contributed by atoms with van der Waals surface area (Å²) in [6.07, 6.45) is 11.1. The zero-order valence-corrected chi connectivity index (χ0v) is 18.3. The Kier molecular flexibility index (Phi) is 97.2. The molecule has 0 unspecified atom stereocenters. The summed E-state index contributed by atoms with van der Waals surface area (Å²) < 4.78 is 0. The number of hydrogen-bond donors (Lipinski definition) is 0. The Morgan fingerprint density at radius 3 is 0.588 bits per heavy atom. The fraction of sp³-hybridized carbons (Fsp3) is 1.00. The average Bonchev–Trinajstić information content (AvgIpc) is 2.39. The van der Waals surface area contributed by atoms with E-state index < -0.39 is 0 Å². The molecule has 0 aromatic heterocycles. The smallest absolute Gasteiger partial charge is 0 e. The first-order valence-electron chi connectivity index (χ1n) is 7.83. The van der Waals surface area contributed by atoms with Gasteiger partial charge in [-0.15, -0.1) is 0 Å². The van der Waals surface area contributed by atoms with E-state index in [-0.39, 0.29) is 31.1 Å². The Morgan fingerprint density at radius 1 is 0.412 bits per heavy atom. The summed E-state index contributed by atoms with van der Waals surface area (Å²) in [5.41, 5.74) is 0. The van der Waals surface area contributed by atoms with Gasteiger partial charge in [0.05, 0.1) is 0 Å². The van der Waals surface area contributed by atoms with E-state index >= 15 is 0 Å². The molecule has 0 heterocycles. The van der Waals surface area contributed by atoms with E-state index in [9.17, 15) is 0 Å². The van der Waals surface area contributed by atoms with E-state index in [0.717, 1.165) is 0 Å². The molecule has 0 aliphatic rings. The van der Waals surface area contributed by atoms with Crippen molar-refractivity contribution in [3.05, 3.63) is 0 Å². The van der Waals surface area contributed by atoms with Gasteiger partial charge in [-0.25, -0.2) is 0 Å². The van der Waals surface area contributed by atoms with E-state index in [1.165, 1.54) is 51.4 Å². The second-order valence-corrected chi connectivity index (χ2v) is 3.41. The van der Waals surface area contributed by atoms with Crippen LogP contribution in [-0.4, -0.2) is 0 Å². The fourth-order valence-electron chi connectivity index (χ4n) is 1.000. The Bertz CT molecular complexity index is 37.5. The summed E-state index contributed by atoms with van der Waals surface area (Å²) >= 11 is 0. The number of rotatable bonds is 6. The second kappa shape index (κ2) is 53.6. The van der Waals surface area contributed by atoms with Gasteiger partial charge in [0.1, 0.15) is 0 Å². The van der Waals surface area contributed by atoms with Crippen LogP contribution in [0.3, 0.4) is 0 Å². The first-order chi connectivity index (χ1) is 7.83. The molecule has 0 spiro atoms. The van der Waals surface area contributed by atoms with E-state index in [0.29, 0.717) is 0 Å². The van der Waals surface area contributed by atoms with Crippen LogP contribution in [0.5, 0.6) is 0 Å². The summed E-state index contributed by atoms with van der Waals surface area (Å²) in [6.45, 7) is 16.9. The van der Waals surface area contributed by atoms with Crippen molar-refractivity contribution in [2.24, 2.45) is 0 Å². The predicted octanol–water partition coefficient (Wildman–Crippen LogP) is 7.23. The summed E-state index contributed by atoms with van der Waals surface area (Å²) in [5, 5.41) is 0. The first-order valence-corrected chi connectivity index (χ1v) is 7.83. The van der Waals surface area contributed by atoms with Crippen LogP contribution in [0.15, 0.2) is 0 Å². The van der Waals surface area contributed by atoms with Crippen molar-refractivity contribution in [3.8, 4) is 0 Å². The maximum atomic E-state index is 2.23. The van der Waals surface area contributed by atoms with Gasteiger partial charge >= 0.3 is 0 Å². The molecule has 0 amide bonds. The molecule has 0 aromatic rings. The summed E-state index contributed by atoms with van der Waals surface area (Å²) in [7, 11) is 0. The monoisotopic (exact) mass is 470 g/mol. The normalized spacial score (nSPS) is 7.06. The molecule has 0 nitrogen and oxygen atoms in total. The Hall–Kier alpha value is 1.05. The largest absolute Gasteiger partial charge is 0.0683 e. The van der Waals surface area contributed by atoms with Crippen molar-refractivity contribution in [2.75, 3.05) is 0 Å². The number of hydrogen-bond acceptors (Lipinski definition) is 0. The van der Waals surface area contributed by atoms with E-state index in [2.05, 4.69) is 27.7 Å². The first kappa shape index (κ1) is 30.8. The van der Waals surface area contributed by atoms with Gasteiger partial charge in [0, 0.05) is 31.1 Å². The molecular formula is C16H40U. The van der Waals surface area contributed by atoms with Crippen LogP contribution in [0.25, 0.3) is 0 Å². The summed E-state index contributed by atoms with van der Waals surface area (Å²) in [5.74, 6) is 0. The molecule has 0 fully saturated rings. The van der Waals surface area contributed by atoms with Crippen LogP contribution in [0.4, 0.5) is 0 Å². The quantitative estimate of drug-likeness (QED) is 0.360. The standard InChI is InChI=1S/2C6H14.2C2H6.U/c2*1-3-5-6-4-2;2*1-2;/h2*3-6H2,1-2H3;2*1-2H3;. The maximum Gasteiger partial charge on any atom is 0 e. The van der Waals surface area contributed by atoms with Crippen LogP contribution >= 0.6 is 0 Å². The van der Waals surface area contributed by atoms with Crippen LogP contribution in [0.2, 0.25) is 0 Å². The Morgan fingerprint density at radius 2 is 0.529 bits per heavy atom. The predicted molar refractivity (Wildman–Crippen MR) is 82.3 cm³/mol. The third kappa shape index (κ3) is 77.7. The van der Waals surface area contributed by atoms with Crippen molar-refractivity contribution < 1.29 is 31.1 Å². The van der Waals surface area contributed by atoms with Crippen molar-refractivity contribution in [1.82, 2.24) is 0 Å². The Balaban J connectivity index is -0.0000000417. The molecule has 0 saturated carbocycles. The van der Waals surface area contributed by atoms with Crippen molar-refractivity contribution >= 4 is 0 Å². The van der Waals surface area contributed by atoms with Crippen molar-refractivity contribution in [2.45, 2.75) is 107 Å². The van der Waals surface area contributed by atoms with Gasteiger partial charge in [0.2, 0.25) is 0 Å². The van der Waals surface area contributed by atoms with Crippen molar-refractivity contribution in [3.63, 3.8) is 0 Å². The molecule has 0 radical (unpaired) electrons. The van der Waals surface area contributed by atoms with Gasteiger partial charge in [-0.05, 0) is 0 Å². The Labute approximate surface area is 137 Å². The zero-order valence-electron chi connectivity index (χ0n) is 14.2. The molecule has 0 aliphatic carbocycles. The minimum atomic E-state index is 0. The minimum Gasteiger partial charge on any atom is -0.0683 e. The molecule has 0 rings (SSSR count). The van der Waals surface area contributed by atoms with Crippen LogP contribution in [-0.2, 0) is 0 Å². The van der Waals surface area contributed by atoms with Gasteiger partial charge in [-0.1, -0.05) is 107 Å². The molecule has 1 heteroatoms. The molecule has 0 bridgehead atoms. The molecule has 0 aromatic carbocycles. The van der Waals surface area contributed by atoms with Gasteiger partial charge in [0.15, 0.2) is 0 Å². The SMILES string of the molecule is CC.CC.CCCCCC.CCCCCC.[U]. The molecule has 0 N–H and O–H groups in total. The average molecular weight is 471 g/mol.